The second-order valence-electron chi connectivity index (χ2n) is 15.0. The SMILES string of the molecule is CC(C)(O/N=C(\C(=O)C[C@@H]1C(=O)N2C(C(=O)O)=C(C[N+]3(C)[C@@H]4CC[C@H]3CC(CNC(=O)/C(=N\O)c3ccc(O)c(O)c3Cl)C4)CS[C@H]12)c1csc(N)n1)C(=O)O. The van der Waals surface area contributed by atoms with Gasteiger partial charge in [0.15, 0.2) is 33.8 Å². The molecule has 4 aliphatic rings. The number of nitrogens with two attached hydrogens (primary N) is 1. The van der Waals surface area contributed by atoms with Crippen LogP contribution in [0.4, 0.5) is 5.13 Å². The molecule has 6 rings (SSSR count). The molecule has 300 valence electrons. The maximum atomic E-state index is 13.6. The smallest absolute Gasteiger partial charge is 0.352 e. The van der Waals surface area contributed by atoms with Gasteiger partial charge in [0, 0.05) is 60.9 Å². The first-order chi connectivity index (χ1) is 26.4. The number of piperidine rings is 1. The molecule has 2 unspecified atom stereocenters. The van der Waals surface area contributed by atoms with Crippen LogP contribution in [0.2, 0.25) is 5.02 Å². The van der Waals surface area contributed by atoms with E-state index in [1.165, 1.54) is 42.0 Å². The third-order valence-corrected chi connectivity index (χ3v) is 13.6. The Kier molecular flexibility index (Phi) is 11.3. The molecule has 1 aromatic carbocycles. The van der Waals surface area contributed by atoms with E-state index in [9.17, 15) is 49.6 Å². The van der Waals surface area contributed by atoms with E-state index in [0.29, 0.717) is 22.4 Å². The number of Topliss-reactive ketones (excluding diaryl/α,β-unsaturated/α-hetero) is 1. The quantitative estimate of drug-likeness (QED) is 0.0360. The number of benzene rings is 1. The van der Waals surface area contributed by atoms with Crippen LogP contribution in [0, 0.1) is 11.8 Å². The Bertz CT molecular complexity index is 2070. The Morgan fingerprint density at radius 2 is 1.82 bits per heavy atom. The topological polar surface area (TPSA) is 275 Å². The van der Waals surface area contributed by atoms with E-state index in [0.717, 1.165) is 43.1 Å². The van der Waals surface area contributed by atoms with E-state index in [2.05, 4.69) is 27.7 Å². The highest BCUT2D eigenvalue weighted by atomic mass is 35.5. The number of carbonyl (C=O) groups excluding carboxylic acids is 3. The van der Waals surface area contributed by atoms with Crippen molar-refractivity contribution < 1.29 is 58.9 Å². The number of carbonyl (C=O) groups is 5. The lowest BCUT2D eigenvalue weighted by molar-refractivity contribution is -0.945. The van der Waals surface area contributed by atoms with Gasteiger partial charge in [-0.2, -0.15) is 0 Å². The van der Waals surface area contributed by atoms with E-state index < -0.39 is 63.6 Å². The van der Waals surface area contributed by atoms with Gasteiger partial charge in [-0.15, -0.1) is 23.1 Å². The molecule has 0 spiro atoms. The monoisotopic (exact) mass is 834 g/mol. The second-order valence-corrected chi connectivity index (χ2v) is 17.4. The molecule has 4 aliphatic heterocycles. The molecule has 1 aromatic heterocycles. The molecule has 5 heterocycles. The van der Waals surface area contributed by atoms with Crippen LogP contribution in [0.1, 0.15) is 57.2 Å². The average molecular weight is 835 g/mol. The van der Waals surface area contributed by atoms with Gasteiger partial charge in [-0.1, -0.05) is 21.9 Å². The number of thioether (sulfide) groups is 1. The third kappa shape index (κ3) is 7.49. The highest BCUT2D eigenvalue weighted by molar-refractivity contribution is 8.00. The number of ketones is 1. The predicted octanol–water partition coefficient (Wildman–Crippen LogP) is 2.59. The molecular weight excluding hydrogens is 794 g/mol. The zero-order valence-corrected chi connectivity index (χ0v) is 32.9. The Morgan fingerprint density at radius 1 is 1.14 bits per heavy atom. The molecule has 21 heteroatoms. The number of hydrogen-bond acceptors (Lipinski definition) is 15. The van der Waals surface area contributed by atoms with Crippen LogP contribution < -0.4 is 11.1 Å². The molecule has 3 saturated heterocycles. The molecule has 0 radical (unpaired) electrons. The number of thiazole rings is 1. The predicted molar refractivity (Wildman–Crippen MR) is 203 cm³/mol. The van der Waals surface area contributed by atoms with Crippen LogP contribution in [0.5, 0.6) is 11.5 Å². The number of oxime groups is 2. The summed E-state index contributed by atoms with van der Waals surface area (Å²) in [5.74, 6) is -6.06. The van der Waals surface area contributed by atoms with Gasteiger partial charge in [0.25, 0.3) is 5.91 Å². The van der Waals surface area contributed by atoms with Crippen molar-refractivity contribution in [2.75, 3.05) is 31.6 Å². The molecule has 2 aromatic rings. The lowest BCUT2D eigenvalue weighted by atomic mass is 9.87. The maximum Gasteiger partial charge on any atom is 0.352 e. The van der Waals surface area contributed by atoms with Gasteiger partial charge in [-0.25, -0.2) is 14.6 Å². The number of fused-ring (bicyclic) bond motifs is 3. The van der Waals surface area contributed by atoms with E-state index >= 15 is 0 Å². The number of β-lactam (4-membered cyclic amide) rings is 1. The largest absolute Gasteiger partial charge is 0.504 e. The lowest BCUT2D eigenvalue weighted by Crippen LogP contribution is -2.64. The number of aliphatic carboxylic acids is 2. The van der Waals surface area contributed by atoms with Crippen molar-refractivity contribution >= 4 is 80.8 Å². The van der Waals surface area contributed by atoms with Gasteiger partial charge in [-0.05, 0) is 31.9 Å². The molecule has 56 heavy (non-hydrogen) atoms. The van der Waals surface area contributed by atoms with Gasteiger partial charge in [-0.3, -0.25) is 19.3 Å². The summed E-state index contributed by atoms with van der Waals surface area (Å²) >= 11 is 8.50. The number of anilines is 1. The number of nitrogen functional groups attached to an aromatic ring is 1. The van der Waals surface area contributed by atoms with Crippen LogP contribution in [0.3, 0.4) is 0 Å². The molecule has 0 saturated carbocycles. The summed E-state index contributed by atoms with van der Waals surface area (Å²) in [6.07, 6.45) is 2.88. The number of nitrogens with one attached hydrogen (secondary N) is 1. The highest BCUT2D eigenvalue weighted by Crippen LogP contribution is 2.49. The average Bonchev–Trinajstić information content (AvgIpc) is 3.61. The number of rotatable bonds is 14. The highest BCUT2D eigenvalue weighted by Gasteiger charge is 2.57. The number of aromatic nitrogens is 1. The van der Waals surface area contributed by atoms with E-state index in [-0.39, 0.29) is 63.8 Å². The zero-order valence-electron chi connectivity index (χ0n) is 30.5. The van der Waals surface area contributed by atoms with Crippen LogP contribution in [-0.2, 0) is 28.8 Å². The number of amides is 2. The number of carboxylic acids is 2. The summed E-state index contributed by atoms with van der Waals surface area (Å²) in [5, 5.41) is 59.4. The van der Waals surface area contributed by atoms with Crippen molar-refractivity contribution in [1.29, 1.82) is 0 Å². The fourth-order valence-electron chi connectivity index (χ4n) is 8.04. The molecule has 3 fully saturated rings. The number of carboxylic acid groups (broad SMARTS) is 2. The van der Waals surface area contributed by atoms with Gasteiger partial charge in [0.05, 0.1) is 35.4 Å². The lowest BCUT2D eigenvalue weighted by Gasteiger charge is -2.52. The van der Waals surface area contributed by atoms with E-state index in [1.54, 1.807) is 0 Å². The molecular formula is C35H41ClN7O11S2+. The van der Waals surface area contributed by atoms with Crippen molar-refractivity contribution in [2.24, 2.45) is 22.1 Å². The Balaban J connectivity index is 1.12. The fourth-order valence-corrected chi connectivity index (χ4v) is 10.2. The number of hydrogen-bond donors (Lipinski definition) is 7. The third-order valence-electron chi connectivity index (χ3n) is 11.1. The molecule has 18 nitrogen and oxygen atoms in total. The van der Waals surface area contributed by atoms with Crippen molar-refractivity contribution in [2.45, 2.75) is 69.0 Å². The molecule has 2 amide bonds. The van der Waals surface area contributed by atoms with Crippen LogP contribution in [-0.4, -0.2) is 130 Å². The zero-order chi connectivity index (χ0) is 40.9. The minimum Gasteiger partial charge on any atom is -0.504 e. The summed E-state index contributed by atoms with van der Waals surface area (Å²) in [4.78, 5) is 75.1. The van der Waals surface area contributed by atoms with Gasteiger partial charge in [0.2, 0.25) is 11.5 Å². The number of halogens is 1. The van der Waals surface area contributed by atoms with Gasteiger partial charge >= 0.3 is 11.9 Å². The second kappa shape index (κ2) is 15.5. The number of phenols is 2. The standard InChI is InChI=1S/C35H40ClN7O11S2/c1-35(2,33(51)52)54-41-26(21-14-56-34(37)39-21)23(45)10-20-30(48)42-27(32(49)50)16(13-55-31(20)42)12-43(3)17-4-5-18(43)9-15(8-17)11-38-29(47)25(40-53)19-6-7-22(44)28(46)24(19)36/h6-7,14-15,17-18,20,31H,4-5,8-13H2,1-3H3,(H7-,37,38,39,40,41,44,45,46,47,49,50,51,52,53)/p+1/t15?,17-,18+,20-,31-,43?/m1/s1. The molecule has 8 N–H and O–H groups in total. The van der Waals surface area contributed by atoms with E-state index in [1.807, 2.05) is 0 Å². The number of nitrogens with zero attached hydrogens (tertiary/aromatic N) is 5. The summed E-state index contributed by atoms with van der Waals surface area (Å²) < 4.78 is 0.570. The number of quaternary nitrogens is 1. The van der Waals surface area contributed by atoms with Gasteiger partial charge in [0.1, 0.15) is 17.9 Å². The number of phenolic OH excluding ortho intramolecular Hbond substituents is 2. The minimum absolute atomic E-state index is 0.0600. The normalized spacial score (nSPS) is 26.4. The molecule has 6 atom stereocenters. The molecule has 2 bridgehead atoms. The van der Waals surface area contributed by atoms with Crippen molar-refractivity contribution in [3.63, 3.8) is 0 Å². The van der Waals surface area contributed by atoms with Crippen molar-refractivity contribution in [3.05, 3.63) is 45.1 Å². The number of likely N-dealkylation sites (N-methyl/N-ethyl adjacent to an activating group) is 1. The van der Waals surface area contributed by atoms with Crippen molar-refractivity contribution in [3.8, 4) is 11.5 Å². The summed E-state index contributed by atoms with van der Waals surface area (Å²) in [6, 6.07) is 2.65. The first-order valence-corrected chi connectivity index (χ1v) is 19.9. The first kappa shape index (κ1) is 40.7. The summed E-state index contributed by atoms with van der Waals surface area (Å²) in [6.45, 7) is 3.17. The summed E-state index contributed by atoms with van der Waals surface area (Å²) in [5.41, 5.74) is 3.80. The summed E-state index contributed by atoms with van der Waals surface area (Å²) in [7, 11) is 2.09. The van der Waals surface area contributed by atoms with Crippen LogP contribution in [0.15, 0.2) is 39.1 Å². The first-order valence-electron chi connectivity index (χ1n) is 17.6. The molecule has 0 aliphatic carbocycles. The van der Waals surface area contributed by atoms with Crippen molar-refractivity contribution in [1.82, 2.24) is 15.2 Å². The van der Waals surface area contributed by atoms with Crippen LogP contribution >= 0.6 is 34.7 Å². The Morgan fingerprint density at radius 3 is 2.41 bits per heavy atom. The maximum absolute atomic E-state index is 13.6. The van der Waals surface area contributed by atoms with Crippen LogP contribution in [0.25, 0.3) is 0 Å². The minimum atomic E-state index is -1.77. The fraction of sp³-hybridized carbons (Fsp3) is 0.486. The Labute approximate surface area is 333 Å². The Hall–Kier alpha value is -4.92. The van der Waals surface area contributed by atoms with Gasteiger partial charge < -0.3 is 46.0 Å². The van der Waals surface area contributed by atoms with E-state index in [4.69, 9.17) is 22.2 Å². The number of aromatic hydroxyl groups is 2.